The topological polar surface area (TPSA) is 57.7 Å². The number of piperidine rings is 1. The molecule has 0 atom stereocenters. The summed E-state index contributed by atoms with van der Waals surface area (Å²) >= 11 is 1.66. The number of carbonyl (C=O) groups is 1. The zero-order chi connectivity index (χ0) is 20.3. The minimum atomic E-state index is -3.48. The first-order valence-electron chi connectivity index (χ1n) is 9.70. The lowest BCUT2D eigenvalue weighted by Crippen LogP contribution is -2.52. The summed E-state index contributed by atoms with van der Waals surface area (Å²) in [5, 5.41) is 1.29. The van der Waals surface area contributed by atoms with Crippen LogP contribution in [0.2, 0.25) is 0 Å². The molecule has 7 heteroatoms. The zero-order valence-electron chi connectivity index (χ0n) is 16.1. The molecule has 5 nitrogen and oxygen atoms in total. The van der Waals surface area contributed by atoms with Crippen molar-refractivity contribution < 1.29 is 13.2 Å². The Hall–Kier alpha value is -2.09. The van der Waals surface area contributed by atoms with Gasteiger partial charge >= 0.3 is 0 Å². The molecule has 2 fully saturated rings. The molecule has 0 bridgehead atoms. The van der Waals surface area contributed by atoms with Gasteiger partial charge in [-0.05, 0) is 30.0 Å². The van der Waals surface area contributed by atoms with Gasteiger partial charge in [0.2, 0.25) is 15.9 Å². The van der Waals surface area contributed by atoms with Crippen molar-refractivity contribution in [3.63, 3.8) is 0 Å². The van der Waals surface area contributed by atoms with Gasteiger partial charge in [-0.2, -0.15) is 4.31 Å². The van der Waals surface area contributed by atoms with Gasteiger partial charge in [0.25, 0.3) is 0 Å². The second-order valence-corrected chi connectivity index (χ2v) is 10.5. The molecule has 2 heterocycles. The van der Waals surface area contributed by atoms with Crippen LogP contribution in [-0.4, -0.2) is 47.2 Å². The minimum absolute atomic E-state index is 0.138. The highest BCUT2D eigenvalue weighted by atomic mass is 32.2. The summed E-state index contributed by atoms with van der Waals surface area (Å²) in [5.41, 5.74) is 1.96. The fraction of sp³-hybridized carbons (Fsp3) is 0.318. The standard InChI is InChI=1S/C22H24N2O3S2/c25-21-18-28-22(24(21)17-20-9-5-2-6-10-20)12-14-23(15-13-22)29(26,27)16-11-19-7-3-1-4-8-19/h1-11,16H,12-15,17-18H2/b16-11+. The number of nitrogens with zero attached hydrogens (tertiary/aromatic N) is 2. The largest absolute Gasteiger partial charge is 0.323 e. The molecule has 0 saturated carbocycles. The van der Waals surface area contributed by atoms with E-state index in [1.165, 1.54) is 9.71 Å². The number of thioether (sulfide) groups is 1. The van der Waals surface area contributed by atoms with E-state index in [0.717, 1.165) is 11.1 Å². The third kappa shape index (κ3) is 4.42. The Kier molecular flexibility index (Phi) is 5.81. The van der Waals surface area contributed by atoms with Crippen LogP contribution < -0.4 is 0 Å². The number of benzene rings is 2. The summed E-state index contributed by atoms with van der Waals surface area (Å²) in [6.07, 6.45) is 2.93. The summed E-state index contributed by atoms with van der Waals surface area (Å²) in [5.74, 6) is 0.604. The quantitative estimate of drug-likeness (QED) is 0.731. The van der Waals surface area contributed by atoms with Crippen LogP contribution in [0.25, 0.3) is 6.08 Å². The van der Waals surface area contributed by atoms with Crippen LogP contribution in [0.15, 0.2) is 66.1 Å². The van der Waals surface area contributed by atoms with E-state index < -0.39 is 10.0 Å². The van der Waals surface area contributed by atoms with Crippen molar-refractivity contribution in [2.75, 3.05) is 18.8 Å². The molecule has 1 amide bonds. The number of hydrogen-bond donors (Lipinski definition) is 0. The number of carbonyl (C=O) groups excluding carboxylic acids is 1. The third-order valence-electron chi connectivity index (χ3n) is 5.54. The third-order valence-corrected chi connectivity index (χ3v) is 8.66. The van der Waals surface area contributed by atoms with Gasteiger partial charge in [-0.3, -0.25) is 4.79 Å². The Morgan fingerprint density at radius 1 is 0.966 bits per heavy atom. The van der Waals surface area contributed by atoms with E-state index in [9.17, 15) is 13.2 Å². The number of hydrogen-bond acceptors (Lipinski definition) is 4. The summed E-state index contributed by atoms with van der Waals surface area (Å²) in [6.45, 7) is 1.42. The van der Waals surface area contributed by atoms with Gasteiger partial charge in [-0.15, -0.1) is 11.8 Å². The average molecular weight is 429 g/mol. The van der Waals surface area contributed by atoms with Gasteiger partial charge in [0.1, 0.15) is 0 Å². The van der Waals surface area contributed by atoms with Crippen LogP contribution in [0.1, 0.15) is 24.0 Å². The van der Waals surface area contributed by atoms with Crippen molar-refractivity contribution in [3.8, 4) is 0 Å². The van der Waals surface area contributed by atoms with Crippen molar-refractivity contribution in [3.05, 3.63) is 77.2 Å². The molecule has 2 aliphatic heterocycles. The zero-order valence-corrected chi connectivity index (χ0v) is 17.7. The highest BCUT2D eigenvalue weighted by Crippen LogP contribution is 2.45. The van der Waals surface area contributed by atoms with E-state index in [-0.39, 0.29) is 10.8 Å². The maximum Gasteiger partial charge on any atom is 0.236 e. The number of sulfonamides is 1. The van der Waals surface area contributed by atoms with Crippen molar-refractivity contribution in [1.82, 2.24) is 9.21 Å². The van der Waals surface area contributed by atoms with Gasteiger partial charge in [0.05, 0.1) is 10.6 Å². The molecular weight excluding hydrogens is 404 g/mol. The summed E-state index contributed by atoms with van der Waals surface area (Å²) in [4.78, 5) is 14.2. The molecule has 4 rings (SSSR count). The highest BCUT2D eigenvalue weighted by Gasteiger charge is 2.48. The lowest BCUT2D eigenvalue weighted by atomic mass is 10.0. The van der Waals surface area contributed by atoms with Crippen molar-refractivity contribution in [2.24, 2.45) is 0 Å². The van der Waals surface area contributed by atoms with Crippen LogP contribution in [0.4, 0.5) is 0 Å². The van der Waals surface area contributed by atoms with E-state index in [1.807, 2.05) is 65.6 Å². The first-order valence-corrected chi connectivity index (χ1v) is 12.2. The first-order chi connectivity index (χ1) is 14.0. The smallest absolute Gasteiger partial charge is 0.236 e. The predicted octanol–water partition coefficient (Wildman–Crippen LogP) is 3.55. The fourth-order valence-corrected chi connectivity index (χ4v) is 6.43. The molecule has 0 aliphatic carbocycles. The van der Waals surface area contributed by atoms with Crippen LogP contribution in [-0.2, 0) is 21.4 Å². The van der Waals surface area contributed by atoms with E-state index in [2.05, 4.69) is 0 Å². The molecule has 0 radical (unpaired) electrons. The van der Waals surface area contributed by atoms with Crippen LogP contribution >= 0.6 is 11.8 Å². The molecular formula is C22H24N2O3S2. The Balaban J connectivity index is 1.45. The monoisotopic (exact) mass is 428 g/mol. The van der Waals surface area contributed by atoms with Crippen LogP contribution in [0, 0.1) is 0 Å². The van der Waals surface area contributed by atoms with Crippen molar-refractivity contribution >= 4 is 33.8 Å². The summed E-state index contributed by atoms with van der Waals surface area (Å²) in [7, 11) is -3.48. The van der Waals surface area contributed by atoms with Gasteiger partial charge in [0.15, 0.2) is 0 Å². The van der Waals surface area contributed by atoms with E-state index >= 15 is 0 Å². The average Bonchev–Trinajstić information content (AvgIpc) is 3.04. The van der Waals surface area contributed by atoms with Crippen molar-refractivity contribution in [2.45, 2.75) is 24.3 Å². The summed E-state index contributed by atoms with van der Waals surface area (Å²) in [6, 6.07) is 19.4. The summed E-state index contributed by atoms with van der Waals surface area (Å²) < 4.78 is 27.0. The molecule has 2 aliphatic rings. The molecule has 2 saturated heterocycles. The second kappa shape index (κ2) is 8.34. The maximum absolute atomic E-state index is 12.8. The molecule has 1 spiro atoms. The Morgan fingerprint density at radius 3 is 2.24 bits per heavy atom. The van der Waals surface area contributed by atoms with Crippen LogP contribution in [0.5, 0.6) is 0 Å². The molecule has 152 valence electrons. The molecule has 2 aromatic carbocycles. The lowest BCUT2D eigenvalue weighted by molar-refractivity contribution is -0.131. The van der Waals surface area contributed by atoms with Gasteiger partial charge in [-0.1, -0.05) is 60.7 Å². The fourth-order valence-electron chi connectivity index (χ4n) is 3.90. The van der Waals surface area contributed by atoms with Gasteiger partial charge in [-0.25, -0.2) is 8.42 Å². The predicted molar refractivity (Wildman–Crippen MR) is 117 cm³/mol. The molecule has 0 unspecified atom stereocenters. The number of amides is 1. The maximum atomic E-state index is 12.8. The van der Waals surface area contributed by atoms with E-state index in [0.29, 0.717) is 38.2 Å². The molecule has 0 aromatic heterocycles. The first kappa shape index (κ1) is 20.2. The normalized spacial score (nSPS) is 20.0. The SMILES string of the molecule is O=C1CSC2(CCN(S(=O)(=O)/C=C/c3ccccc3)CC2)N1Cc1ccccc1. The van der Waals surface area contributed by atoms with Gasteiger partial charge < -0.3 is 4.90 Å². The molecule has 0 N–H and O–H groups in total. The lowest BCUT2D eigenvalue weighted by Gasteiger charge is -2.43. The van der Waals surface area contributed by atoms with E-state index in [1.54, 1.807) is 17.8 Å². The van der Waals surface area contributed by atoms with Crippen molar-refractivity contribution in [1.29, 1.82) is 0 Å². The Labute approximate surface area is 176 Å². The Bertz CT molecular complexity index is 983. The molecule has 2 aromatic rings. The van der Waals surface area contributed by atoms with E-state index in [4.69, 9.17) is 0 Å². The van der Waals surface area contributed by atoms with Gasteiger partial charge in [0, 0.05) is 25.0 Å². The highest BCUT2D eigenvalue weighted by molar-refractivity contribution is 8.01. The molecule has 29 heavy (non-hydrogen) atoms. The Morgan fingerprint density at radius 2 is 1.59 bits per heavy atom. The minimum Gasteiger partial charge on any atom is -0.323 e. The second-order valence-electron chi connectivity index (χ2n) is 7.36. The van der Waals surface area contributed by atoms with Crippen LogP contribution in [0.3, 0.4) is 0 Å². The number of rotatable bonds is 5.